The molecule has 2 aromatic carbocycles. The minimum Gasteiger partial charge on any atom is -0.247 e. The van der Waals surface area contributed by atoms with Gasteiger partial charge in [0.2, 0.25) is 0 Å². The lowest BCUT2D eigenvalue weighted by atomic mass is 10.0. The molecule has 0 bridgehead atoms. The number of aromatic nitrogens is 1. The first kappa shape index (κ1) is 12.5. The van der Waals surface area contributed by atoms with Crippen LogP contribution in [-0.2, 0) is 6.42 Å². The highest BCUT2D eigenvalue weighted by Crippen LogP contribution is 2.32. The van der Waals surface area contributed by atoms with Crippen molar-refractivity contribution in [1.82, 2.24) is 4.98 Å². The van der Waals surface area contributed by atoms with E-state index in [1.807, 2.05) is 0 Å². The smallest absolute Gasteiger partial charge is 0.0841 e. The van der Waals surface area contributed by atoms with Gasteiger partial charge in [-0.25, -0.2) is 4.98 Å². The molecule has 0 atom stereocenters. The van der Waals surface area contributed by atoms with E-state index in [0.29, 0.717) is 0 Å². The van der Waals surface area contributed by atoms with Crippen LogP contribution in [0.3, 0.4) is 0 Å². The summed E-state index contributed by atoms with van der Waals surface area (Å²) >= 11 is 1.76. The summed E-state index contributed by atoms with van der Waals surface area (Å²) in [5.74, 6) is 0. The molecule has 102 valence electrons. The Hall–Kier alpha value is -2.19. The number of rotatable bonds is 2. The molecule has 0 aliphatic rings. The molecule has 4 rings (SSSR count). The summed E-state index contributed by atoms with van der Waals surface area (Å²) in [6.45, 7) is 2.20. The average molecular weight is 289 g/mol. The topological polar surface area (TPSA) is 12.9 Å². The van der Waals surface area contributed by atoms with Gasteiger partial charge in [0, 0.05) is 5.39 Å². The third-order valence-corrected chi connectivity index (χ3v) is 4.81. The Morgan fingerprint density at radius 1 is 0.952 bits per heavy atom. The Morgan fingerprint density at radius 3 is 2.67 bits per heavy atom. The van der Waals surface area contributed by atoms with Gasteiger partial charge in [-0.3, -0.25) is 0 Å². The van der Waals surface area contributed by atoms with Gasteiger partial charge in [-0.2, -0.15) is 0 Å². The first-order valence-corrected chi connectivity index (χ1v) is 8.10. The molecule has 1 nitrogen and oxygen atoms in total. The number of nitrogens with zero attached hydrogens (tertiary/aromatic N) is 1. The van der Waals surface area contributed by atoms with Crippen LogP contribution in [-0.4, -0.2) is 4.98 Å². The number of hydrogen-bond donors (Lipinski definition) is 0. The van der Waals surface area contributed by atoms with Gasteiger partial charge in [-0.1, -0.05) is 43.3 Å². The summed E-state index contributed by atoms with van der Waals surface area (Å²) in [7, 11) is 0. The van der Waals surface area contributed by atoms with Gasteiger partial charge in [0.25, 0.3) is 0 Å². The molecular formula is C19H15NS. The number of aryl methyl sites for hydroxylation is 1. The van der Waals surface area contributed by atoms with Crippen molar-refractivity contribution < 1.29 is 0 Å². The molecule has 4 aromatic rings. The van der Waals surface area contributed by atoms with Crippen LogP contribution in [0, 0.1) is 0 Å². The van der Waals surface area contributed by atoms with Crippen molar-refractivity contribution in [2.45, 2.75) is 13.3 Å². The van der Waals surface area contributed by atoms with Gasteiger partial charge in [0.1, 0.15) is 0 Å². The summed E-state index contributed by atoms with van der Waals surface area (Å²) in [6.07, 6.45) is 0.999. The maximum absolute atomic E-state index is 4.95. The second kappa shape index (κ2) is 4.97. The predicted molar refractivity (Wildman–Crippen MR) is 91.9 cm³/mol. The van der Waals surface area contributed by atoms with Gasteiger partial charge < -0.3 is 0 Å². The molecule has 0 aliphatic carbocycles. The summed E-state index contributed by atoms with van der Waals surface area (Å²) in [6, 6.07) is 19.4. The van der Waals surface area contributed by atoms with Crippen LogP contribution in [0.2, 0.25) is 0 Å². The van der Waals surface area contributed by atoms with Crippen LogP contribution in [0.1, 0.15) is 12.5 Å². The second-order valence-electron chi connectivity index (χ2n) is 5.18. The van der Waals surface area contributed by atoms with Crippen LogP contribution >= 0.6 is 11.3 Å². The Bertz CT molecular complexity index is 923. The molecule has 2 heterocycles. The standard InChI is InChI=1S/C19H15NS/c1-2-13-12-16-15-7-4-3-6-14(15)9-10-17(16)20-19(13)18-8-5-11-21-18/h3-12H,2H2,1H3. The van der Waals surface area contributed by atoms with Crippen molar-refractivity contribution >= 4 is 33.0 Å². The van der Waals surface area contributed by atoms with Gasteiger partial charge in [0.15, 0.2) is 0 Å². The zero-order valence-electron chi connectivity index (χ0n) is 11.8. The fourth-order valence-electron chi connectivity index (χ4n) is 2.86. The van der Waals surface area contributed by atoms with E-state index in [0.717, 1.165) is 17.6 Å². The Kier molecular flexibility index (Phi) is 2.97. The highest BCUT2D eigenvalue weighted by atomic mass is 32.1. The van der Waals surface area contributed by atoms with Crippen LogP contribution in [0.5, 0.6) is 0 Å². The molecule has 2 heteroatoms. The number of pyridine rings is 1. The monoisotopic (exact) mass is 289 g/mol. The molecule has 0 aliphatic heterocycles. The van der Waals surface area contributed by atoms with Crippen molar-refractivity contribution in [3.8, 4) is 10.6 Å². The highest BCUT2D eigenvalue weighted by Gasteiger charge is 2.10. The van der Waals surface area contributed by atoms with E-state index in [9.17, 15) is 0 Å². The minimum absolute atomic E-state index is 0.999. The summed E-state index contributed by atoms with van der Waals surface area (Å²) in [4.78, 5) is 6.20. The van der Waals surface area contributed by atoms with E-state index >= 15 is 0 Å². The maximum Gasteiger partial charge on any atom is 0.0841 e. The van der Waals surface area contributed by atoms with Gasteiger partial charge in [-0.15, -0.1) is 11.3 Å². The van der Waals surface area contributed by atoms with Crippen molar-refractivity contribution in [3.63, 3.8) is 0 Å². The highest BCUT2D eigenvalue weighted by molar-refractivity contribution is 7.13. The molecule has 0 unspecified atom stereocenters. The quantitative estimate of drug-likeness (QED) is 0.433. The van der Waals surface area contributed by atoms with Crippen molar-refractivity contribution in [2.24, 2.45) is 0 Å². The van der Waals surface area contributed by atoms with Crippen molar-refractivity contribution in [3.05, 3.63) is 65.5 Å². The van der Waals surface area contributed by atoms with E-state index in [4.69, 9.17) is 4.98 Å². The zero-order valence-corrected chi connectivity index (χ0v) is 12.7. The third kappa shape index (κ3) is 2.03. The Balaban J connectivity index is 2.09. The molecule has 0 saturated heterocycles. The van der Waals surface area contributed by atoms with Gasteiger partial charge >= 0.3 is 0 Å². The molecule has 0 spiro atoms. The van der Waals surface area contributed by atoms with Crippen LogP contribution in [0.25, 0.3) is 32.2 Å². The summed E-state index contributed by atoms with van der Waals surface area (Å²) in [5.41, 5.74) is 3.53. The average Bonchev–Trinajstić information content (AvgIpc) is 3.07. The second-order valence-corrected chi connectivity index (χ2v) is 6.13. The Labute approximate surface area is 127 Å². The van der Waals surface area contributed by atoms with Crippen molar-refractivity contribution in [1.29, 1.82) is 0 Å². The van der Waals surface area contributed by atoms with Crippen LogP contribution < -0.4 is 0 Å². The normalized spacial score (nSPS) is 11.3. The van der Waals surface area contributed by atoms with E-state index in [1.54, 1.807) is 11.3 Å². The summed E-state index contributed by atoms with van der Waals surface area (Å²) in [5, 5.41) is 5.93. The zero-order chi connectivity index (χ0) is 14.2. The minimum atomic E-state index is 0.999. The predicted octanol–water partition coefficient (Wildman–Crippen LogP) is 5.68. The number of thiophene rings is 1. The molecule has 0 fully saturated rings. The molecule has 0 amide bonds. The molecule has 0 radical (unpaired) electrons. The molecule has 21 heavy (non-hydrogen) atoms. The number of benzene rings is 2. The fourth-order valence-corrected chi connectivity index (χ4v) is 3.61. The van der Waals surface area contributed by atoms with Gasteiger partial charge in [-0.05, 0) is 46.3 Å². The lowest BCUT2D eigenvalue weighted by Crippen LogP contribution is -1.92. The molecular weight excluding hydrogens is 274 g/mol. The third-order valence-electron chi connectivity index (χ3n) is 3.94. The van der Waals surface area contributed by atoms with Gasteiger partial charge in [0.05, 0.1) is 16.1 Å². The molecule has 0 saturated carbocycles. The van der Waals surface area contributed by atoms with Crippen LogP contribution in [0.4, 0.5) is 0 Å². The first-order valence-electron chi connectivity index (χ1n) is 7.22. The van der Waals surface area contributed by atoms with Crippen molar-refractivity contribution in [2.75, 3.05) is 0 Å². The van der Waals surface area contributed by atoms with Crippen LogP contribution in [0.15, 0.2) is 60.0 Å². The fraction of sp³-hybridized carbons (Fsp3) is 0.105. The summed E-state index contributed by atoms with van der Waals surface area (Å²) < 4.78 is 0. The number of fused-ring (bicyclic) bond motifs is 3. The molecule has 2 aromatic heterocycles. The first-order chi connectivity index (χ1) is 10.4. The molecule has 0 N–H and O–H groups in total. The van der Waals surface area contributed by atoms with E-state index in [2.05, 4.69) is 66.9 Å². The maximum atomic E-state index is 4.95. The largest absolute Gasteiger partial charge is 0.247 e. The lowest BCUT2D eigenvalue weighted by molar-refractivity contribution is 1.13. The Morgan fingerprint density at radius 2 is 1.86 bits per heavy atom. The van der Waals surface area contributed by atoms with E-state index < -0.39 is 0 Å². The number of hydrogen-bond acceptors (Lipinski definition) is 2. The lowest BCUT2D eigenvalue weighted by Gasteiger charge is -2.10. The van der Waals surface area contributed by atoms with E-state index in [-0.39, 0.29) is 0 Å². The van der Waals surface area contributed by atoms with E-state index in [1.165, 1.54) is 26.6 Å². The SMILES string of the molecule is CCc1cc2c(ccc3ccccc32)nc1-c1cccs1.